The second kappa shape index (κ2) is 7.07. The van der Waals surface area contributed by atoms with Crippen molar-refractivity contribution >= 4 is 11.7 Å². The first-order valence-electron chi connectivity index (χ1n) is 7.66. The minimum absolute atomic E-state index is 0.00363. The molecule has 0 spiro atoms. The summed E-state index contributed by atoms with van der Waals surface area (Å²) in [5.41, 5.74) is -0.200. The van der Waals surface area contributed by atoms with Crippen LogP contribution in [0.2, 0.25) is 0 Å². The highest BCUT2D eigenvalue weighted by Gasteiger charge is 2.23. The van der Waals surface area contributed by atoms with Gasteiger partial charge in [0.15, 0.2) is 5.76 Å². The van der Waals surface area contributed by atoms with Gasteiger partial charge in [-0.25, -0.2) is 0 Å². The van der Waals surface area contributed by atoms with Gasteiger partial charge in [0.05, 0.1) is 19.4 Å². The Morgan fingerprint density at radius 3 is 2.23 bits per heavy atom. The first-order valence-corrected chi connectivity index (χ1v) is 7.66. The second-order valence-electron chi connectivity index (χ2n) is 6.75. The lowest BCUT2D eigenvalue weighted by molar-refractivity contribution is -0.124. The lowest BCUT2D eigenvalue weighted by Gasteiger charge is -2.34. The van der Waals surface area contributed by atoms with Gasteiger partial charge in [-0.15, -0.1) is 0 Å². The topological polar surface area (TPSA) is 65.8 Å². The molecule has 0 aromatic carbocycles. The van der Waals surface area contributed by atoms with Crippen LogP contribution in [0.15, 0.2) is 22.8 Å². The van der Waals surface area contributed by atoms with E-state index in [1.165, 1.54) is 6.26 Å². The standard InChI is InChI=1S/C16H25N3O3/c1-16(2,3)17-15(21)12-19-8-6-18(7-9-19)11-13(20)14-5-4-10-22-14/h4-5,10H,6-9,11-12H2,1-3H3,(H,17,21). The van der Waals surface area contributed by atoms with Crippen LogP contribution in [0.4, 0.5) is 0 Å². The van der Waals surface area contributed by atoms with Crippen LogP contribution in [-0.2, 0) is 4.79 Å². The summed E-state index contributed by atoms with van der Waals surface area (Å²) in [4.78, 5) is 28.1. The van der Waals surface area contributed by atoms with Crippen LogP contribution < -0.4 is 5.32 Å². The van der Waals surface area contributed by atoms with Crippen LogP contribution >= 0.6 is 0 Å². The molecule has 0 unspecified atom stereocenters. The third-order valence-electron chi connectivity index (χ3n) is 3.51. The molecular weight excluding hydrogens is 282 g/mol. The molecule has 2 rings (SSSR count). The maximum atomic E-state index is 12.0. The van der Waals surface area contributed by atoms with Gasteiger partial charge in [-0.1, -0.05) is 0 Å². The molecular formula is C16H25N3O3. The third kappa shape index (κ3) is 5.27. The molecule has 0 saturated carbocycles. The molecule has 6 nitrogen and oxygen atoms in total. The minimum atomic E-state index is -0.200. The van der Waals surface area contributed by atoms with Crippen LogP contribution in [0.3, 0.4) is 0 Å². The molecule has 1 saturated heterocycles. The Morgan fingerprint density at radius 2 is 1.73 bits per heavy atom. The molecule has 1 aliphatic rings. The Kier molecular flexibility index (Phi) is 5.37. The van der Waals surface area contributed by atoms with Gasteiger partial charge in [0.2, 0.25) is 11.7 Å². The summed E-state index contributed by atoms with van der Waals surface area (Å²) in [6, 6.07) is 3.41. The number of carbonyl (C=O) groups is 2. The number of nitrogens with zero attached hydrogens (tertiary/aromatic N) is 2. The van der Waals surface area contributed by atoms with E-state index in [9.17, 15) is 9.59 Å². The molecule has 0 bridgehead atoms. The molecule has 22 heavy (non-hydrogen) atoms. The number of nitrogens with one attached hydrogen (secondary N) is 1. The predicted octanol–water partition coefficient (Wildman–Crippen LogP) is 0.995. The Labute approximate surface area is 131 Å². The predicted molar refractivity (Wildman–Crippen MR) is 83.8 cm³/mol. The van der Waals surface area contributed by atoms with E-state index in [1.807, 2.05) is 20.8 Å². The van der Waals surface area contributed by atoms with E-state index >= 15 is 0 Å². The highest BCUT2D eigenvalue weighted by molar-refractivity contribution is 5.95. The molecule has 1 aromatic rings. The summed E-state index contributed by atoms with van der Waals surface area (Å²) >= 11 is 0. The fourth-order valence-corrected chi connectivity index (χ4v) is 2.48. The number of hydrogen-bond donors (Lipinski definition) is 1. The Balaban J connectivity index is 1.72. The molecule has 122 valence electrons. The van der Waals surface area contributed by atoms with Crippen LogP contribution in [0.25, 0.3) is 0 Å². The van der Waals surface area contributed by atoms with E-state index in [4.69, 9.17) is 4.42 Å². The number of Topliss-reactive ketones (excluding diaryl/α,β-unsaturated/α-hetero) is 1. The smallest absolute Gasteiger partial charge is 0.234 e. The number of piperazine rings is 1. The Hall–Kier alpha value is -1.66. The van der Waals surface area contributed by atoms with E-state index in [0.29, 0.717) is 18.8 Å². The number of carbonyl (C=O) groups excluding carboxylic acids is 2. The fourth-order valence-electron chi connectivity index (χ4n) is 2.48. The van der Waals surface area contributed by atoms with Gasteiger partial charge in [-0.3, -0.25) is 19.4 Å². The summed E-state index contributed by atoms with van der Waals surface area (Å²) < 4.78 is 5.12. The molecule has 6 heteroatoms. The molecule has 1 aromatic heterocycles. The SMILES string of the molecule is CC(C)(C)NC(=O)CN1CCN(CC(=O)c2ccco2)CC1. The second-order valence-corrected chi connectivity index (χ2v) is 6.75. The summed E-state index contributed by atoms with van der Waals surface area (Å²) in [7, 11) is 0. The van der Waals surface area contributed by atoms with Gasteiger partial charge in [0, 0.05) is 31.7 Å². The monoisotopic (exact) mass is 307 g/mol. The van der Waals surface area contributed by atoms with Gasteiger partial charge in [-0.2, -0.15) is 0 Å². The van der Waals surface area contributed by atoms with Gasteiger partial charge >= 0.3 is 0 Å². The van der Waals surface area contributed by atoms with Crippen LogP contribution in [0, 0.1) is 0 Å². The Morgan fingerprint density at radius 1 is 1.14 bits per heavy atom. The largest absolute Gasteiger partial charge is 0.461 e. The maximum absolute atomic E-state index is 12.0. The summed E-state index contributed by atoms with van der Waals surface area (Å²) in [6.07, 6.45) is 1.51. The molecule has 1 amide bonds. The zero-order valence-electron chi connectivity index (χ0n) is 13.6. The van der Waals surface area contributed by atoms with Crippen molar-refractivity contribution < 1.29 is 14.0 Å². The lowest BCUT2D eigenvalue weighted by Crippen LogP contribution is -2.52. The molecule has 2 heterocycles. The van der Waals surface area contributed by atoms with Crippen molar-refractivity contribution in [1.82, 2.24) is 15.1 Å². The van der Waals surface area contributed by atoms with Gasteiger partial charge in [0.25, 0.3) is 0 Å². The number of hydrogen-bond acceptors (Lipinski definition) is 5. The van der Waals surface area contributed by atoms with E-state index in [2.05, 4.69) is 15.1 Å². The van der Waals surface area contributed by atoms with Crippen molar-refractivity contribution in [3.05, 3.63) is 24.2 Å². The van der Waals surface area contributed by atoms with Crippen molar-refractivity contribution in [2.45, 2.75) is 26.3 Å². The molecule has 0 radical (unpaired) electrons. The van der Waals surface area contributed by atoms with E-state index < -0.39 is 0 Å². The first kappa shape index (κ1) is 16.7. The summed E-state index contributed by atoms with van der Waals surface area (Å²) in [5, 5.41) is 2.97. The lowest BCUT2D eigenvalue weighted by atomic mass is 10.1. The fraction of sp³-hybridized carbons (Fsp3) is 0.625. The highest BCUT2D eigenvalue weighted by Crippen LogP contribution is 2.07. The quantitative estimate of drug-likeness (QED) is 0.822. The van der Waals surface area contributed by atoms with Crippen molar-refractivity contribution in [3.8, 4) is 0 Å². The molecule has 1 fully saturated rings. The Bertz CT molecular complexity index is 497. The van der Waals surface area contributed by atoms with Crippen LogP contribution in [0.1, 0.15) is 31.3 Å². The minimum Gasteiger partial charge on any atom is -0.461 e. The normalized spacial score (nSPS) is 17.4. The van der Waals surface area contributed by atoms with Crippen molar-refractivity contribution in [2.24, 2.45) is 0 Å². The number of amides is 1. The third-order valence-corrected chi connectivity index (χ3v) is 3.51. The summed E-state index contributed by atoms with van der Waals surface area (Å²) in [6.45, 7) is 9.87. The van der Waals surface area contributed by atoms with Crippen LogP contribution in [-0.4, -0.2) is 66.3 Å². The molecule has 1 N–H and O–H groups in total. The van der Waals surface area contributed by atoms with E-state index in [-0.39, 0.29) is 17.2 Å². The average molecular weight is 307 g/mol. The summed E-state index contributed by atoms with van der Waals surface area (Å²) in [5.74, 6) is 0.462. The van der Waals surface area contributed by atoms with Crippen molar-refractivity contribution in [2.75, 3.05) is 39.3 Å². The average Bonchev–Trinajstić information content (AvgIpc) is 2.92. The molecule has 1 aliphatic heterocycles. The number of ketones is 1. The first-order chi connectivity index (χ1) is 10.3. The zero-order chi connectivity index (χ0) is 16.2. The van der Waals surface area contributed by atoms with E-state index in [0.717, 1.165) is 26.2 Å². The van der Waals surface area contributed by atoms with E-state index in [1.54, 1.807) is 12.1 Å². The molecule has 0 atom stereocenters. The number of furan rings is 1. The van der Waals surface area contributed by atoms with Gasteiger partial charge in [0.1, 0.15) is 0 Å². The van der Waals surface area contributed by atoms with Crippen LogP contribution in [0.5, 0.6) is 0 Å². The zero-order valence-corrected chi connectivity index (χ0v) is 13.6. The maximum Gasteiger partial charge on any atom is 0.234 e. The van der Waals surface area contributed by atoms with Crippen molar-refractivity contribution in [3.63, 3.8) is 0 Å². The highest BCUT2D eigenvalue weighted by atomic mass is 16.3. The molecule has 0 aliphatic carbocycles. The van der Waals surface area contributed by atoms with Gasteiger partial charge in [-0.05, 0) is 32.9 Å². The van der Waals surface area contributed by atoms with Crippen molar-refractivity contribution in [1.29, 1.82) is 0 Å². The number of rotatable bonds is 5. The van der Waals surface area contributed by atoms with Gasteiger partial charge < -0.3 is 9.73 Å².